The lowest BCUT2D eigenvalue weighted by Crippen LogP contribution is -2.67. The molecule has 2 saturated heterocycles. The summed E-state index contributed by atoms with van der Waals surface area (Å²) in [5.41, 5.74) is 2.22. The van der Waals surface area contributed by atoms with E-state index in [0.717, 1.165) is 24.0 Å². The van der Waals surface area contributed by atoms with Crippen LogP contribution in [0.3, 0.4) is 0 Å². The SMILES string of the molecule is Cc1cncc(COC2CCOC3(C2)CN(C(=O)c2cccc(F)c2)C3)c1.O=C(O)C(F)(F)F. The van der Waals surface area contributed by atoms with Crippen molar-refractivity contribution in [3.63, 3.8) is 0 Å². The maximum Gasteiger partial charge on any atom is 0.490 e. The second kappa shape index (κ2) is 10.5. The van der Waals surface area contributed by atoms with Crippen LogP contribution in [0.2, 0.25) is 0 Å². The van der Waals surface area contributed by atoms with Crippen LogP contribution in [0.25, 0.3) is 0 Å². The van der Waals surface area contributed by atoms with Crippen LogP contribution in [-0.2, 0) is 20.9 Å². The molecule has 4 rings (SSSR count). The zero-order valence-electron chi connectivity index (χ0n) is 18.3. The highest BCUT2D eigenvalue weighted by Crippen LogP contribution is 2.36. The second-order valence-corrected chi connectivity index (χ2v) is 8.30. The van der Waals surface area contributed by atoms with Gasteiger partial charge in [-0.3, -0.25) is 9.78 Å². The van der Waals surface area contributed by atoms with Gasteiger partial charge < -0.3 is 19.5 Å². The van der Waals surface area contributed by atoms with Crippen molar-refractivity contribution < 1.29 is 41.7 Å². The summed E-state index contributed by atoms with van der Waals surface area (Å²) in [5.74, 6) is -3.31. The molecule has 1 N–H and O–H groups in total. The molecule has 34 heavy (non-hydrogen) atoms. The number of aromatic nitrogens is 1. The van der Waals surface area contributed by atoms with Gasteiger partial charge in [-0.2, -0.15) is 13.2 Å². The number of nitrogens with zero attached hydrogens (tertiary/aromatic N) is 2. The molecule has 184 valence electrons. The van der Waals surface area contributed by atoms with Crippen LogP contribution in [0.5, 0.6) is 0 Å². The van der Waals surface area contributed by atoms with E-state index in [-0.39, 0.29) is 17.6 Å². The third-order valence-electron chi connectivity index (χ3n) is 5.42. The van der Waals surface area contributed by atoms with Crippen molar-refractivity contribution in [2.24, 2.45) is 0 Å². The van der Waals surface area contributed by atoms with Crippen LogP contribution in [0.1, 0.15) is 34.3 Å². The Kier molecular flexibility index (Phi) is 7.88. The Morgan fingerprint density at radius 3 is 2.59 bits per heavy atom. The van der Waals surface area contributed by atoms with E-state index in [1.807, 2.05) is 19.3 Å². The number of ether oxygens (including phenoxy) is 2. The van der Waals surface area contributed by atoms with E-state index in [1.165, 1.54) is 12.1 Å². The smallest absolute Gasteiger partial charge is 0.475 e. The fourth-order valence-corrected chi connectivity index (χ4v) is 3.85. The fraction of sp³-hybridized carbons (Fsp3) is 0.435. The highest BCUT2D eigenvalue weighted by molar-refractivity contribution is 5.95. The molecule has 11 heteroatoms. The summed E-state index contributed by atoms with van der Waals surface area (Å²) in [7, 11) is 0. The molecular weight excluding hydrogens is 460 g/mol. The maximum atomic E-state index is 13.3. The first-order chi connectivity index (χ1) is 16.0. The Hall–Kier alpha value is -3.05. The minimum absolute atomic E-state index is 0.102. The topological polar surface area (TPSA) is 89.0 Å². The highest BCUT2D eigenvalue weighted by Gasteiger charge is 2.49. The predicted molar refractivity (Wildman–Crippen MR) is 111 cm³/mol. The number of aryl methyl sites for hydroxylation is 1. The lowest BCUT2D eigenvalue weighted by molar-refractivity contribution is -0.192. The number of carboxylic acids is 1. The maximum absolute atomic E-state index is 13.3. The molecule has 0 bridgehead atoms. The van der Waals surface area contributed by atoms with Crippen molar-refractivity contribution in [2.45, 2.75) is 44.3 Å². The summed E-state index contributed by atoms with van der Waals surface area (Å²) < 4.78 is 57.1. The van der Waals surface area contributed by atoms with Gasteiger partial charge in [0, 0.05) is 31.0 Å². The Labute approximate surface area is 193 Å². The summed E-state index contributed by atoms with van der Waals surface area (Å²) in [6.45, 7) is 4.21. The van der Waals surface area contributed by atoms with Gasteiger partial charge in [0.1, 0.15) is 11.4 Å². The molecule has 2 aliphatic rings. The number of likely N-dealkylation sites (tertiary alicyclic amines) is 1. The number of hydrogen-bond acceptors (Lipinski definition) is 5. The van der Waals surface area contributed by atoms with E-state index < -0.39 is 18.0 Å². The first-order valence-corrected chi connectivity index (χ1v) is 10.5. The number of benzene rings is 1. The molecule has 2 fully saturated rings. The number of pyridine rings is 1. The lowest BCUT2D eigenvalue weighted by Gasteiger charge is -2.53. The number of rotatable bonds is 4. The van der Waals surface area contributed by atoms with E-state index in [1.54, 1.807) is 17.0 Å². The Morgan fingerprint density at radius 2 is 1.97 bits per heavy atom. The van der Waals surface area contributed by atoms with Gasteiger partial charge in [0.2, 0.25) is 0 Å². The van der Waals surface area contributed by atoms with Crippen molar-refractivity contribution in [2.75, 3.05) is 19.7 Å². The third kappa shape index (κ3) is 6.73. The molecule has 1 aromatic carbocycles. The summed E-state index contributed by atoms with van der Waals surface area (Å²) >= 11 is 0. The van der Waals surface area contributed by atoms with Gasteiger partial charge in [0.05, 0.1) is 25.8 Å². The number of alkyl halides is 3. The number of amides is 1. The first-order valence-electron chi connectivity index (χ1n) is 10.5. The number of aliphatic carboxylic acids is 1. The average Bonchev–Trinajstić information content (AvgIpc) is 2.75. The van der Waals surface area contributed by atoms with E-state index in [2.05, 4.69) is 11.1 Å². The van der Waals surface area contributed by atoms with Gasteiger partial charge in [-0.1, -0.05) is 12.1 Å². The third-order valence-corrected chi connectivity index (χ3v) is 5.42. The van der Waals surface area contributed by atoms with Gasteiger partial charge in [0.15, 0.2) is 0 Å². The monoisotopic (exact) mass is 484 g/mol. The molecule has 0 aliphatic carbocycles. The van der Waals surface area contributed by atoms with Crippen LogP contribution in [0, 0.1) is 12.7 Å². The molecular formula is C23H24F4N2O5. The molecule has 0 saturated carbocycles. The van der Waals surface area contributed by atoms with E-state index in [0.29, 0.717) is 31.9 Å². The highest BCUT2D eigenvalue weighted by atomic mass is 19.4. The summed E-state index contributed by atoms with van der Waals surface area (Å²) in [5, 5.41) is 7.12. The minimum Gasteiger partial charge on any atom is -0.475 e. The molecule has 1 amide bonds. The first kappa shape index (κ1) is 25.6. The number of carbonyl (C=O) groups is 2. The van der Waals surface area contributed by atoms with E-state index in [4.69, 9.17) is 19.4 Å². The molecule has 1 unspecified atom stereocenters. The zero-order valence-corrected chi connectivity index (χ0v) is 18.3. The predicted octanol–water partition coefficient (Wildman–Crippen LogP) is 3.75. The van der Waals surface area contributed by atoms with E-state index >= 15 is 0 Å². The quantitative estimate of drug-likeness (QED) is 0.665. The van der Waals surface area contributed by atoms with Crippen LogP contribution in [-0.4, -0.2) is 64.4 Å². The van der Waals surface area contributed by atoms with Gasteiger partial charge in [0.25, 0.3) is 5.91 Å². The number of hydrogen-bond donors (Lipinski definition) is 1. The van der Waals surface area contributed by atoms with Gasteiger partial charge in [-0.25, -0.2) is 9.18 Å². The molecule has 2 aliphatic heterocycles. The van der Waals surface area contributed by atoms with Crippen molar-refractivity contribution in [3.05, 3.63) is 65.2 Å². The Balaban J connectivity index is 0.000000406. The lowest BCUT2D eigenvalue weighted by atomic mass is 9.84. The fourth-order valence-electron chi connectivity index (χ4n) is 3.85. The molecule has 2 aromatic rings. The zero-order chi connectivity index (χ0) is 24.9. The number of halogens is 4. The largest absolute Gasteiger partial charge is 0.490 e. The molecule has 0 radical (unpaired) electrons. The van der Waals surface area contributed by atoms with Crippen molar-refractivity contribution >= 4 is 11.9 Å². The van der Waals surface area contributed by atoms with Crippen LogP contribution in [0.4, 0.5) is 17.6 Å². The van der Waals surface area contributed by atoms with Gasteiger partial charge in [-0.05, 0) is 42.7 Å². The molecule has 3 heterocycles. The van der Waals surface area contributed by atoms with Gasteiger partial charge >= 0.3 is 12.1 Å². The van der Waals surface area contributed by atoms with Crippen molar-refractivity contribution in [1.82, 2.24) is 9.88 Å². The number of carbonyl (C=O) groups excluding carboxylic acids is 1. The summed E-state index contributed by atoms with van der Waals surface area (Å²) in [6, 6.07) is 7.88. The normalized spacial score (nSPS) is 19.1. The van der Waals surface area contributed by atoms with Crippen molar-refractivity contribution in [1.29, 1.82) is 0 Å². The summed E-state index contributed by atoms with van der Waals surface area (Å²) in [6.07, 6.45) is 0.277. The molecule has 1 atom stereocenters. The van der Waals surface area contributed by atoms with Crippen LogP contribution >= 0.6 is 0 Å². The van der Waals surface area contributed by atoms with E-state index in [9.17, 15) is 22.4 Å². The minimum atomic E-state index is -5.08. The Bertz CT molecular complexity index is 1020. The summed E-state index contributed by atoms with van der Waals surface area (Å²) in [4.78, 5) is 27.3. The van der Waals surface area contributed by atoms with Crippen LogP contribution < -0.4 is 0 Å². The molecule has 1 spiro atoms. The average molecular weight is 484 g/mol. The Morgan fingerprint density at radius 1 is 1.26 bits per heavy atom. The molecule has 7 nitrogen and oxygen atoms in total. The standard InChI is InChI=1S/C21H23FN2O3.C2HF3O2/c1-15-7-16(11-23-10-15)12-26-19-5-6-27-21(9-19)13-24(14-21)20(25)17-3-2-4-18(22)8-17;3-2(4,5)1(6)7/h2-4,7-8,10-11,19H,5-6,9,12-14H2,1H3;(H,6,7). The number of carboxylic acid groups (broad SMARTS) is 1. The van der Waals surface area contributed by atoms with Crippen LogP contribution in [0.15, 0.2) is 42.7 Å². The second-order valence-electron chi connectivity index (χ2n) is 8.30. The molecule has 1 aromatic heterocycles. The van der Waals surface area contributed by atoms with Crippen molar-refractivity contribution in [3.8, 4) is 0 Å². The van der Waals surface area contributed by atoms with Gasteiger partial charge in [-0.15, -0.1) is 0 Å².